The van der Waals surface area contributed by atoms with Crippen LogP contribution in [0.25, 0.3) is 0 Å². The SMILES string of the molecule is CCCCCCCCCCCCCC/C=C\CCO. The van der Waals surface area contributed by atoms with Gasteiger partial charge in [0.05, 0.1) is 0 Å². The number of hydrogen-bond acceptors (Lipinski definition) is 1. The summed E-state index contributed by atoms with van der Waals surface area (Å²) in [6.07, 6.45) is 23.3. The molecular formula is C18H36O. The topological polar surface area (TPSA) is 20.2 Å². The van der Waals surface area contributed by atoms with Crippen LogP contribution in [-0.2, 0) is 0 Å². The molecule has 0 radical (unpaired) electrons. The fourth-order valence-corrected chi connectivity index (χ4v) is 2.41. The predicted molar refractivity (Wildman–Crippen MR) is 86.5 cm³/mol. The predicted octanol–water partition coefficient (Wildman–Crippen LogP) is 6.02. The molecule has 0 unspecified atom stereocenters. The van der Waals surface area contributed by atoms with Gasteiger partial charge in [0.1, 0.15) is 0 Å². The molecule has 0 saturated heterocycles. The Labute approximate surface area is 121 Å². The van der Waals surface area contributed by atoms with Crippen molar-refractivity contribution in [3.05, 3.63) is 12.2 Å². The molecule has 0 rings (SSSR count). The maximum Gasteiger partial charge on any atom is 0.0465 e. The summed E-state index contributed by atoms with van der Waals surface area (Å²) in [5, 5.41) is 8.62. The van der Waals surface area contributed by atoms with Crippen LogP contribution in [0.15, 0.2) is 12.2 Å². The maximum atomic E-state index is 8.62. The summed E-state index contributed by atoms with van der Waals surface area (Å²) in [4.78, 5) is 0. The number of aliphatic hydroxyl groups is 1. The summed E-state index contributed by atoms with van der Waals surface area (Å²) in [6, 6.07) is 0. The van der Waals surface area contributed by atoms with Gasteiger partial charge < -0.3 is 5.11 Å². The van der Waals surface area contributed by atoms with Gasteiger partial charge in [0.2, 0.25) is 0 Å². The van der Waals surface area contributed by atoms with E-state index in [4.69, 9.17) is 5.11 Å². The zero-order valence-corrected chi connectivity index (χ0v) is 13.2. The van der Waals surface area contributed by atoms with E-state index in [-0.39, 0.29) is 6.61 Å². The Hall–Kier alpha value is -0.300. The average molecular weight is 268 g/mol. The molecule has 0 bridgehead atoms. The lowest BCUT2D eigenvalue weighted by atomic mass is 10.0. The molecule has 0 aromatic carbocycles. The van der Waals surface area contributed by atoms with Crippen LogP contribution in [0.4, 0.5) is 0 Å². The third-order valence-electron chi connectivity index (χ3n) is 3.69. The maximum absolute atomic E-state index is 8.62. The fraction of sp³-hybridized carbons (Fsp3) is 0.889. The van der Waals surface area contributed by atoms with Gasteiger partial charge >= 0.3 is 0 Å². The van der Waals surface area contributed by atoms with Crippen molar-refractivity contribution in [1.29, 1.82) is 0 Å². The van der Waals surface area contributed by atoms with Crippen molar-refractivity contribution in [2.45, 2.75) is 96.8 Å². The highest BCUT2D eigenvalue weighted by Gasteiger charge is 1.92. The van der Waals surface area contributed by atoms with Crippen LogP contribution in [0.3, 0.4) is 0 Å². The molecule has 0 amide bonds. The van der Waals surface area contributed by atoms with E-state index in [1.165, 1.54) is 83.5 Å². The highest BCUT2D eigenvalue weighted by molar-refractivity contribution is 4.80. The van der Waals surface area contributed by atoms with Gasteiger partial charge in [-0.2, -0.15) is 0 Å². The molecule has 19 heavy (non-hydrogen) atoms. The van der Waals surface area contributed by atoms with E-state index in [9.17, 15) is 0 Å². The molecule has 1 nitrogen and oxygen atoms in total. The molecule has 0 atom stereocenters. The van der Waals surface area contributed by atoms with E-state index >= 15 is 0 Å². The summed E-state index contributed by atoms with van der Waals surface area (Å²) in [7, 11) is 0. The minimum atomic E-state index is 0.287. The van der Waals surface area contributed by atoms with E-state index in [0.717, 1.165) is 6.42 Å². The van der Waals surface area contributed by atoms with Crippen LogP contribution in [-0.4, -0.2) is 11.7 Å². The third kappa shape index (κ3) is 17.7. The molecule has 0 aromatic rings. The van der Waals surface area contributed by atoms with Gasteiger partial charge in [-0.1, -0.05) is 89.7 Å². The minimum Gasteiger partial charge on any atom is -0.396 e. The Balaban J connectivity index is 2.95. The lowest BCUT2D eigenvalue weighted by Crippen LogP contribution is -1.82. The van der Waals surface area contributed by atoms with Gasteiger partial charge in [-0.05, 0) is 19.3 Å². The molecule has 0 aromatic heterocycles. The van der Waals surface area contributed by atoms with Gasteiger partial charge in [-0.3, -0.25) is 0 Å². The van der Waals surface area contributed by atoms with E-state index < -0.39 is 0 Å². The van der Waals surface area contributed by atoms with Crippen molar-refractivity contribution in [1.82, 2.24) is 0 Å². The van der Waals surface area contributed by atoms with Crippen molar-refractivity contribution in [2.75, 3.05) is 6.61 Å². The second-order valence-electron chi connectivity index (χ2n) is 5.66. The molecule has 0 saturated carbocycles. The monoisotopic (exact) mass is 268 g/mol. The Morgan fingerprint density at radius 3 is 1.47 bits per heavy atom. The Bertz CT molecular complexity index is 175. The Morgan fingerprint density at radius 2 is 1.00 bits per heavy atom. The summed E-state index contributed by atoms with van der Waals surface area (Å²) in [6.45, 7) is 2.57. The highest BCUT2D eigenvalue weighted by atomic mass is 16.2. The van der Waals surface area contributed by atoms with E-state index in [1.807, 2.05) is 0 Å². The van der Waals surface area contributed by atoms with Gasteiger partial charge in [-0.15, -0.1) is 0 Å². The second-order valence-corrected chi connectivity index (χ2v) is 5.66. The smallest absolute Gasteiger partial charge is 0.0465 e. The molecule has 114 valence electrons. The zero-order chi connectivity index (χ0) is 14.0. The van der Waals surface area contributed by atoms with E-state index in [0.29, 0.717) is 0 Å². The number of aliphatic hydroxyl groups excluding tert-OH is 1. The molecular weight excluding hydrogens is 232 g/mol. The molecule has 0 spiro atoms. The molecule has 0 fully saturated rings. The standard InChI is InChI=1S/C18H36O/c1-2-3-4-5-6-7-8-9-10-11-12-13-14-15-16-17-18-19/h15-16,19H,2-14,17-18H2,1H3/b16-15-. The van der Waals surface area contributed by atoms with Gasteiger partial charge in [0, 0.05) is 6.61 Å². The van der Waals surface area contributed by atoms with Gasteiger partial charge in [0.25, 0.3) is 0 Å². The van der Waals surface area contributed by atoms with Gasteiger partial charge in [-0.25, -0.2) is 0 Å². The van der Waals surface area contributed by atoms with Crippen molar-refractivity contribution in [3.63, 3.8) is 0 Å². The molecule has 1 N–H and O–H groups in total. The minimum absolute atomic E-state index is 0.287. The normalized spacial score (nSPS) is 11.5. The molecule has 0 heterocycles. The van der Waals surface area contributed by atoms with Crippen molar-refractivity contribution < 1.29 is 5.11 Å². The van der Waals surface area contributed by atoms with Gasteiger partial charge in [0.15, 0.2) is 0 Å². The Kier molecular flexibility index (Phi) is 17.4. The second kappa shape index (κ2) is 17.7. The van der Waals surface area contributed by atoms with Crippen molar-refractivity contribution in [3.8, 4) is 0 Å². The highest BCUT2D eigenvalue weighted by Crippen LogP contribution is 2.12. The van der Waals surface area contributed by atoms with Crippen LogP contribution in [0.5, 0.6) is 0 Å². The molecule has 0 aliphatic carbocycles. The lowest BCUT2D eigenvalue weighted by molar-refractivity contribution is 0.302. The summed E-state index contributed by atoms with van der Waals surface area (Å²) in [5.74, 6) is 0. The first-order valence-electron chi connectivity index (χ1n) is 8.67. The summed E-state index contributed by atoms with van der Waals surface area (Å²) >= 11 is 0. The number of hydrogen-bond donors (Lipinski definition) is 1. The average Bonchev–Trinajstić information content (AvgIpc) is 2.43. The summed E-state index contributed by atoms with van der Waals surface area (Å²) < 4.78 is 0. The largest absolute Gasteiger partial charge is 0.396 e. The molecule has 0 aliphatic rings. The molecule has 0 aliphatic heterocycles. The Morgan fingerprint density at radius 1 is 0.579 bits per heavy atom. The first kappa shape index (κ1) is 18.7. The first-order chi connectivity index (χ1) is 9.41. The first-order valence-corrected chi connectivity index (χ1v) is 8.67. The van der Waals surface area contributed by atoms with Crippen LogP contribution in [0.2, 0.25) is 0 Å². The van der Waals surface area contributed by atoms with E-state index in [2.05, 4.69) is 19.1 Å². The molecule has 1 heteroatoms. The van der Waals surface area contributed by atoms with E-state index in [1.54, 1.807) is 0 Å². The lowest BCUT2D eigenvalue weighted by Gasteiger charge is -2.02. The van der Waals surface area contributed by atoms with Crippen LogP contribution < -0.4 is 0 Å². The van der Waals surface area contributed by atoms with Crippen LogP contribution in [0, 0.1) is 0 Å². The number of unbranched alkanes of at least 4 members (excludes halogenated alkanes) is 12. The summed E-state index contributed by atoms with van der Waals surface area (Å²) in [5.41, 5.74) is 0. The zero-order valence-electron chi connectivity index (χ0n) is 13.2. The quantitative estimate of drug-likeness (QED) is 0.284. The van der Waals surface area contributed by atoms with Crippen LogP contribution in [0.1, 0.15) is 96.8 Å². The fourth-order valence-electron chi connectivity index (χ4n) is 2.41. The van der Waals surface area contributed by atoms with Crippen LogP contribution >= 0.6 is 0 Å². The van der Waals surface area contributed by atoms with Crippen molar-refractivity contribution in [2.24, 2.45) is 0 Å². The third-order valence-corrected chi connectivity index (χ3v) is 3.69. The number of allylic oxidation sites excluding steroid dienone is 1. The van der Waals surface area contributed by atoms with Crippen molar-refractivity contribution >= 4 is 0 Å². The number of rotatable bonds is 15.